The average Bonchev–Trinajstić information content (AvgIpc) is 3.33. The van der Waals surface area contributed by atoms with Gasteiger partial charge < -0.3 is 15.4 Å². The second-order valence-electron chi connectivity index (χ2n) is 6.37. The van der Waals surface area contributed by atoms with Crippen molar-refractivity contribution >= 4 is 12.0 Å². The van der Waals surface area contributed by atoms with Crippen LogP contribution < -0.4 is 10.6 Å². The van der Waals surface area contributed by atoms with Crippen molar-refractivity contribution in [1.82, 2.24) is 10.6 Å². The number of amides is 2. The monoisotopic (exact) mass is 350 g/mol. The number of carbonyl (C=O) groups excluding carboxylic acids is 2. The molecule has 1 fully saturated rings. The van der Waals surface area contributed by atoms with Gasteiger partial charge in [-0.05, 0) is 43.9 Å². The Bertz CT molecular complexity index is 580. The maximum atomic E-state index is 13.2. The van der Waals surface area contributed by atoms with Gasteiger partial charge in [-0.3, -0.25) is 4.79 Å². The number of carbonyl (C=O) groups is 2. The number of halogens is 1. The maximum Gasteiger partial charge on any atom is 0.315 e. The molecule has 5 nitrogen and oxygen atoms in total. The van der Waals surface area contributed by atoms with Gasteiger partial charge in [0, 0.05) is 24.9 Å². The molecule has 1 aromatic carbocycles. The molecule has 1 aliphatic rings. The fourth-order valence-electron chi connectivity index (χ4n) is 2.86. The van der Waals surface area contributed by atoms with Gasteiger partial charge in [0.1, 0.15) is 5.82 Å². The first-order valence-electron chi connectivity index (χ1n) is 9.05. The van der Waals surface area contributed by atoms with Crippen LogP contribution in [0, 0.1) is 5.82 Å². The van der Waals surface area contributed by atoms with Crippen molar-refractivity contribution in [2.75, 3.05) is 13.2 Å². The summed E-state index contributed by atoms with van der Waals surface area (Å²) in [6.07, 6.45) is 4.94. The Morgan fingerprint density at radius 1 is 1.24 bits per heavy atom. The molecule has 0 aliphatic heterocycles. The summed E-state index contributed by atoms with van der Waals surface area (Å²) in [5.41, 5.74) is 0.937. The SMILES string of the molecule is CCOC(=O)CCCCCCNC(=O)N[C@@H]1C[C@@H]1c1cccc(F)c1. The number of benzene rings is 1. The minimum atomic E-state index is -0.240. The summed E-state index contributed by atoms with van der Waals surface area (Å²) in [4.78, 5) is 23.0. The first kappa shape index (κ1) is 19.2. The van der Waals surface area contributed by atoms with Crippen LogP contribution in [0.4, 0.5) is 9.18 Å². The number of ether oxygens (including phenoxy) is 1. The molecule has 0 radical (unpaired) electrons. The number of hydrogen-bond donors (Lipinski definition) is 2. The van der Waals surface area contributed by atoms with Gasteiger partial charge in [-0.2, -0.15) is 0 Å². The molecule has 1 aliphatic carbocycles. The van der Waals surface area contributed by atoms with Crippen LogP contribution in [0.1, 0.15) is 56.9 Å². The normalized spacial score (nSPS) is 18.5. The second kappa shape index (κ2) is 10.0. The fraction of sp³-hybridized carbons (Fsp3) is 0.579. The Balaban J connectivity index is 1.49. The highest BCUT2D eigenvalue weighted by atomic mass is 19.1. The summed E-state index contributed by atoms with van der Waals surface area (Å²) in [6, 6.07) is 6.46. The van der Waals surface area contributed by atoms with Crippen LogP contribution in [-0.2, 0) is 9.53 Å². The van der Waals surface area contributed by atoms with Crippen LogP contribution in [-0.4, -0.2) is 31.2 Å². The highest BCUT2D eigenvalue weighted by molar-refractivity contribution is 5.74. The number of urea groups is 1. The van der Waals surface area contributed by atoms with Crippen LogP contribution in [0.25, 0.3) is 0 Å². The van der Waals surface area contributed by atoms with Crippen molar-refractivity contribution in [2.24, 2.45) is 0 Å². The summed E-state index contributed by atoms with van der Waals surface area (Å²) >= 11 is 0. The lowest BCUT2D eigenvalue weighted by atomic mass is 10.1. The van der Waals surface area contributed by atoms with Crippen LogP contribution >= 0.6 is 0 Å². The van der Waals surface area contributed by atoms with Crippen molar-refractivity contribution < 1.29 is 18.7 Å². The molecular formula is C19H27FN2O3. The minimum absolute atomic E-state index is 0.0892. The molecule has 0 bridgehead atoms. The molecular weight excluding hydrogens is 323 g/mol. The van der Waals surface area contributed by atoms with Gasteiger partial charge in [0.25, 0.3) is 0 Å². The Labute approximate surface area is 148 Å². The molecule has 0 unspecified atom stereocenters. The van der Waals surface area contributed by atoms with E-state index in [2.05, 4.69) is 10.6 Å². The molecule has 2 N–H and O–H groups in total. The van der Waals surface area contributed by atoms with E-state index in [4.69, 9.17) is 4.74 Å². The van der Waals surface area contributed by atoms with E-state index in [1.807, 2.05) is 6.07 Å². The highest BCUT2D eigenvalue weighted by Gasteiger charge is 2.39. The number of rotatable bonds is 10. The summed E-state index contributed by atoms with van der Waals surface area (Å²) in [6.45, 7) is 2.85. The van der Waals surface area contributed by atoms with Gasteiger partial charge >= 0.3 is 12.0 Å². The molecule has 138 valence electrons. The van der Waals surface area contributed by atoms with E-state index in [0.717, 1.165) is 37.7 Å². The van der Waals surface area contributed by atoms with E-state index in [1.54, 1.807) is 13.0 Å². The first-order valence-corrected chi connectivity index (χ1v) is 9.05. The molecule has 6 heteroatoms. The predicted molar refractivity (Wildman–Crippen MR) is 93.8 cm³/mol. The highest BCUT2D eigenvalue weighted by Crippen LogP contribution is 2.40. The summed E-state index contributed by atoms with van der Waals surface area (Å²) in [7, 11) is 0. The molecule has 1 saturated carbocycles. The van der Waals surface area contributed by atoms with E-state index < -0.39 is 0 Å². The second-order valence-corrected chi connectivity index (χ2v) is 6.37. The Morgan fingerprint density at radius 2 is 2.04 bits per heavy atom. The lowest BCUT2D eigenvalue weighted by molar-refractivity contribution is -0.143. The van der Waals surface area contributed by atoms with Crippen molar-refractivity contribution in [1.29, 1.82) is 0 Å². The van der Waals surface area contributed by atoms with Crippen molar-refractivity contribution in [3.8, 4) is 0 Å². The molecule has 0 heterocycles. The Kier molecular flexibility index (Phi) is 7.70. The zero-order valence-electron chi connectivity index (χ0n) is 14.7. The van der Waals surface area contributed by atoms with E-state index >= 15 is 0 Å². The molecule has 0 aromatic heterocycles. The Morgan fingerprint density at radius 3 is 2.80 bits per heavy atom. The molecule has 2 amide bonds. The van der Waals surface area contributed by atoms with Gasteiger partial charge in [0.2, 0.25) is 0 Å². The molecule has 1 aromatic rings. The largest absolute Gasteiger partial charge is 0.466 e. The fourth-order valence-corrected chi connectivity index (χ4v) is 2.86. The van der Waals surface area contributed by atoms with Crippen molar-refractivity contribution in [2.45, 2.75) is 57.4 Å². The Hall–Kier alpha value is -2.11. The quantitative estimate of drug-likeness (QED) is 0.501. The lowest BCUT2D eigenvalue weighted by Crippen LogP contribution is -2.37. The van der Waals surface area contributed by atoms with Gasteiger partial charge in [-0.1, -0.05) is 25.0 Å². The van der Waals surface area contributed by atoms with E-state index in [1.165, 1.54) is 12.1 Å². The summed E-state index contributed by atoms with van der Waals surface area (Å²) in [5.74, 6) is -0.169. The third-order valence-electron chi connectivity index (χ3n) is 4.28. The van der Waals surface area contributed by atoms with Gasteiger partial charge in [-0.25, -0.2) is 9.18 Å². The number of esters is 1. The average molecular weight is 350 g/mol. The third-order valence-corrected chi connectivity index (χ3v) is 4.28. The predicted octanol–water partition coefficient (Wildman–Crippen LogP) is 3.49. The molecule has 0 saturated heterocycles. The molecule has 2 rings (SSSR count). The van der Waals surface area contributed by atoms with Crippen LogP contribution in [0.5, 0.6) is 0 Å². The standard InChI is InChI=1S/C19H27FN2O3/c1-2-25-18(23)10-5-3-4-6-11-21-19(24)22-17-13-16(17)14-8-7-9-15(20)12-14/h7-9,12,16-17H,2-6,10-11,13H2,1H3,(H2,21,22,24)/t16-,17-/m1/s1. The smallest absolute Gasteiger partial charge is 0.315 e. The van der Waals surface area contributed by atoms with Crippen molar-refractivity contribution in [3.63, 3.8) is 0 Å². The zero-order chi connectivity index (χ0) is 18.1. The van der Waals surface area contributed by atoms with Crippen LogP contribution in [0.2, 0.25) is 0 Å². The van der Waals surface area contributed by atoms with E-state index in [-0.39, 0.29) is 29.8 Å². The molecule has 0 spiro atoms. The number of unbranched alkanes of at least 4 members (excludes halogenated alkanes) is 3. The van der Waals surface area contributed by atoms with Gasteiger partial charge in [0.15, 0.2) is 0 Å². The van der Waals surface area contributed by atoms with Gasteiger partial charge in [0.05, 0.1) is 6.61 Å². The maximum absolute atomic E-state index is 13.2. The van der Waals surface area contributed by atoms with Gasteiger partial charge in [-0.15, -0.1) is 0 Å². The molecule has 25 heavy (non-hydrogen) atoms. The summed E-state index contributed by atoms with van der Waals surface area (Å²) < 4.78 is 18.1. The van der Waals surface area contributed by atoms with Crippen LogP contribution in [0.15, 0.2) is 24.3 Å². The first-order chi connectivity index (χ1) is 12.1. The zero-order valence-corrected chi connectivity index (χ0v) is 14.7. The molecule has 2 atom stereocenters. The number of hydrogen-bond acceptors (Lipinski definition) is 3. The number of nitrogens with one attached hydrogen (secondary N) is 2. The topological polar surface area (TPSA) is 67.4 Å². The minimum Gasteiger partial charge on any atom is -0.466 e. The van der Waals surface area contributed by atoms with E-state index in [9.17, 15) is 14.0 Å². The summed E-state index contributed by atoms with van der Waals surface area (Å²) in [5, 5.41) is 5.76. The van der Waals surface area contributed by atoms with Crippen LogP contribution in [0.3, 0.4) is 0 Å². The van der Waals surface area contributed by atoms with Crippen molar-refractivity contribution in [3.05, 3.63) is 35.6 Å². The lowest BCUT2D eigenvalue weighted by Gasteiger charge is -2.07. The van der Waals surface area contributed by atoms with E-state index in [0.29, 0.717) is 19.6 Å². The third kappa shape index (κ3) is 7.11.